The van der Waals surface area contributed by atoms with Gasteiger partial charge in [-0.15, -0.1) is 0 Å². The van der Waals surface area contributed by atoms with Crippen LogP contribution in [0, 0.1) is 0 Å². The van der Waals surface area contributed by atoms with E-state index in [1.807, 2.05) is 24.5 Å². The second-order valence-corrected chi connectivity index (χ2v) is 4.73. The highest BCUT2D eigenvalue weighted by Gasteiger charge is 2.16. The van der Waals surface area contributed by atoms with Gasteiger partial charge in [0, 0.05) is 29.8 Å². The average molecular weight is 244 g/mol. The molecule has 0 saturated heterocycles. The van der Waals surface area contributed by atoms with E-state index in [9.17, 15) is 0 Å². The van der Waals surface area contributed by atoms with Crippen molar-refractivity contribution in [1.29, 1.82) is 0 Å². The Morgan fingerprint density at radius 3 is 2.79 bits per heavy atom. The monoisotopic (exact) mass is 244 g/mol. The number of hydrogen-bond donors (Lipinski definition) is 0. The number of allylic oxidation sites excluding steroid dienone is 1. The summed E-state index contributed by atoms with van der Waals surface area (Å²) in [4.78, 5) is 8.79. The molecule has 1 aliphatic rings. The summed E-state index contributed by atoms with van der Waals surface area (Å²) < 4.78 is 0. The van der Waals surface area contributed by atoms with Crippen LogP contribution >= 0.6 is 0 Å². The molecule has 1 aliphatic carbocycles. The van der Waals surface area contributed by atoms with Crippen LogP contribution in [0.3, 0.4) is 0 Å². The molecule has 0 saturated carbocycles. The van der Waals surface area contributed by atoms with E-state index in [0.717, 1.165) is 11.9 Å². The van der Waals surface area contributed by atoms with E-state index in [2.05, 4.69) is 46.4 Å². The summed E-state index contributed by atoms with van der Waals surface area (Å²) in [5, 5.41) is 1.18. The predicted octanol–water partition coefficient (Wildman–Crippen LogP) is 3.62. The molecule has 90 valence electrons. The molecule has 0 bridgehead atoms. The Labute approximate surface area is 111 Å². The van der Waals surface area contributed by atoms with Crippen LogP contribution in [0.15, 0.2) is 60.9 Å². The summed E-state index contributed by atoms with van der Waals surface area (Å²) in [6.45, 7) is 0. The number of pyridine rings is 2. The zero-order chi connectivity index (χ0) is 12.7. The number of nitrogens with zero attached hydrogens (tertiary/aromatic N) is 2. The minimum atomic E-state index is 0.927. The van der Waals surface area contributed by atoms with E-state index >= 15 is 0 Å². The zero-order valence-corrected chi connectivity index (χ0v) is 10.4. The molecule has 1 aromatic carbocycles. The average Bonchev–Trinajstić information content (AvgIpc) is 2.91. The van der Waals surface area contributed by atoms with Crippen molar-refractivity contribution < 1.29 is 0 Å². The highest BCUT2D eigenvalue weighted by molar-refractivity contribution is 5.89. The third-order valence-electron chi connectivity index (χ3n) is 3.59. The molecule has 0 unspecified atom stereocenters. The van der Waals surface area contributed by atoms with Gasteiger partial charge in [0.25, 0.3) is 0 Å². The van der Waals surface area contributed by atoms with Crippen molar-refractivity contribution in [1.82, 2.24) is 9.97 Å². The number of fused-ring (bicyclic) bond motifs is 2. The first kappa shape index (κ1) is 10.4. The molecule has 2 heterocycles. The molecule has 0 aliphatic heterocycles. The SMILES string of the molecule is C1=C(c2ccc3ncccc3c2)c2cccnc2C1. The largest absolute Gasteiger partial charge is 0.260 e. The standard InChI is InChI=1S/C17H12N2/c1-3-13-11-12(5-7-16(13)18-9-1)14-6-8-17-15(14)4-2-10-19-17/h1-7,9-11H,8H2. The Balaban J connectivity index is 1.88. The smallest absolute Gasteiger partial charge is 0.0702 e. The maximum atomic E-state index is 4.43. The van der Waals surface area contributed by atoms with Gasteiger partial charge in [-0.1, -0.05) is 24.3 Å². The van der Waals surface area contributed by atoms with Gasteiger partial charge in [-0.2, -0.15) is 0 Å². The lowest BCUT2D eigenvalue weighted by Gasteiger charge is -2.06. The van der Waals surface area contributed by atoms with Gasteiger partial charge < -0.3 is 0 Å². The molecule has 2 nitrogen and oxygen atoms in total. The Bertz CT molecular complexity index is 803. The zero-order valence-electron chi connectivity index (χ0n) is 10.4. The quantitative estimate of drug-likeness (QED) is 0.653. The van der Waals surface area contributed by atoms with Gasteiger partial charge in [-0.05, 0) is 35.4 Å². The highest BCUT2D eigenvalue weighted by atomic mass is 14.7. The van der Waals surface area contributed by atoms with Crippen molar-refractivity contribution in [2.45, 2.75) is 6.42 Å². The molecule has 2 heteroatoms. The Hall–Kier alpha value is -2.48. The fourth-order valence-electron chi connectivity index (χ4n) is 2.67. The number of benzene rings is 1. The maximum absolute atomic E-state index is 4.43. The van der Waals surface area contributed by atoms with E-state index in [-0.39, 0.29) is 0 Å². The van der Waals surface area contributed by atoms with Crippen LogP contribution in [-0.2, 0) is 6.42 Å². The summed E-state index contributed by atoms with van der Waals surface area (Å²) in [5.41, 5.74) is 5.99. The summed E-state index contributed by atoms with van der Waals surface area (Å²) in [5.74, 6) is 0. The normalized spacial score (nSPS) is 13.4. The van der Waals surface area contributed by atoms with E-state index < -0.39 is 0 Å². The summed E-state index contributed by atoms with van der Waals surface area (Å²) in [6, 6.07) is 14.7. The Morgan fingerprint density at radius 1 is 0.895 bits per heavy atom. The predicted molar refractivity (Wildman–Crippen MR) is 76.8 cm³/mol. The van der Waals surface area contributed by atoms with Gasteiger partial charge >= 0.3 is 0 Å². The molecule has 0 N–H and O–H groups in total. The molecular weight excluding hydrogens is 232 g/mol. The van der Waals surface area contributed by atoms with Crippen molar-refractivity contribution in [3.63, 3.8) is 0 Å². The molecule has 0 fully saturated rings. The van der Waals surface area contributed by atoms with Gasteiger partial charge in [0.2, 0.25) is 0 Å². The molecule has 4 rings (SSSR count). The summed E-state index contributed by atoms with van der Waals surface area (Å²) >= 11 is 0. The van der Waals surface area contributed by atoms with Gasteiger partial charge in [-0.3, -0.25) is 9.97 Å². The first-order valence-corrected chi connectivity index (χ1v) is 6.41. The molecular formula is C17H12N2. The summed E-state index contributed by atoms with van der Waals surface area (Å²) in [6.07, 6.45) is 6.88. The minimum absolute atomic E-state index is 0.927. The lowest BCUT2D eigenvalue weighted by atomic mass is 9.99. The molecule has 3 aromatic rings. The molecule has 2 aromatic heterocycles. The van der Waals surface area contributed by atoms with Crippen LogP contribution in [0.25, 0.3) is 16.5 Å². The molecule has 0 atom stereocenters. The number of aromatic nitrogens is 2. The van der Waals surface area contributed by atoms with E-state index in [1.54, 1.807) is 0 Å². The van der Waals surface area contributed by atoms with Crippen molar-refractivity contribution in [3.8, 4) is 0 Å². The fourth-order valence-corrected chi connectivity index (χ4v) is 2.67. The van der Waals surface area contributed by atoms with Gasteiger partial charge in [0.1, 0.15) is 0 Å². The molecule has 0 radical (unpaired) electrons. The van der Waals surface area contributed by atoms with Gasteiger partial charge in [0.05, 0.1) is 11.2 Å². The second kappa shape index (κ2) is 4.02. The Kier molecular flexibility index (Phi) is 2.21. The van der Waals surface area contributed by atoms with E-state index in [0.29, 0.717) is 0 Å². The summed E-state index contributed by atoms with van der Waals surface area (Å²) in [7, 11) is 0. The van der Waals surface area contributed by atoms with Crippen LogP contribution in [-0.4, -0.2) is 9.97 Å². The van der Waals surface area contributed by atoms with Crippen LogP contribution in [0.2, 0.25) is 0 Å². The van der Waals surface area contributed by atoms with Crippen LogP contribution in [0.1, 0.15) is 16.8 Å². The van der Waals surface area contributed by atoms with E-state index in [4.69, 9.17) is 0 Å². The van der Waals surface area contributed by atoms with Crippen molar-refractivity contribution in [2.24, 2.45) is 0 Å². The van der Waals surface area contributed by atoms with Crippen LogP contribution in [0.4, 0.5) is 0 Å². The molecule has 0 amide bonds. The topological polar surface area (TPSA) is 25.8 Å². The Morgan fingerprint density at radius 2 is 1.79 bits per heavy atom. The third kappa shape index (κ3) is 1.65. The van der Waals surface area contributed by atoms with Crippen molar-refractivity contribution in [3.05, 3.63) is 77.8 Å². The third-order valence-corrected chi connectivity index (χ3v) is 3.59. The van der Waals surface area contributed by atoms with Crippen LogP contribution in [0.5, 0.6) is 0 Å². The van der Waals surface area contributed by atoms with E-state index in [1.165, 1.54) is 27.8 Å². The van der Waals surface area contributed by atoms with Gasteiger partial charge in [0.15, 0.2) is 0 Å². The maximum Gasteiger partial charge on any atom is 0.0702 e. The number of hydrogen-bond acceptors (Lipinski definition) is 2. The van der Waals surface area contributed by atoms with Gasteiger partial charge in [-0.25, -0.2) is 0 Å². The number of rotatable bonds is 1. The van der Waals surface area contributed by atoms with Crippen molar-refractivity contribution >= 4 is 16.5 Å². The molecule has 19 heavy (non-hydrogen) atoms. The highest BCUT2D eigenvalue weighted by Crippen LogP contribution is 2.32. The van der Waals surface area contributed by atoms with Crippen molar-refractivity contribution in [2.75, 3.05) is 0 Å². The lowest BCUT2D eigenvalue weighted by Crippen LogP contribution is -1.90. The minimum Gasteiger partial charge on any atom is -0.260 e. The lowest BCUT2D eigenvalue weighted by molar-refractivity contribution is 1.13. The second-order valence-electron chi connectivity index (χ2n) is 4.73. The first-order valence-electron chi connectivity index (χ1n) is 6.41. The van der Waals surface area contributed by atoms with Crippen LogP contribution < -0.4 is 0 Å². The molecule has 0 spiro atoms. The first-order chi connectivity index (χ1) is 9.42. The fraction of sp³-hybridized carbons (Fsp3) is 0.0588.